The quantitative estimate of drug-likeness (QED) is 0.476. The van der Waals surface area contributed by atoms with E-state index in [9.17, 15) is 0 Å². The predicted molar refractivity (Wildman–Crippen MR) is 94.1 cm³/mol. The monoisotopic (exact) mass is 365 g/mol. The van der Waals surface area contributed by atoms with Gasteiger partial charge in [0.15, 0.2) is 11.5 Å². The van der Waals surface area contributed by atoms with Crippen molar-refractivity contribution in [1.82, 2.24) is 34.1 Å². The summed E-state index contributed by atoms with van der Waals surface area (Å²) in [5.74, 6) is 2.53. The van der Waals surface area contributed by atoms with Crippen LogP contribution >= 0.6 is 11.6 Å². The van der Waals surface area contributed by atoms with Crippen LogP contribution < -0.4 is 0 Å². The second-order valence-corrected chi connectivity index (χ2v) is 7.04. The van der Waals surface area contributed by atoms with E-state index >= 15 is 0 Å². The van der Waals surface area contributed by atoms with E-state index in [2.05, 4.69) is 32.2 Å². The molecule has 0 spiro atoms. The summed E-state index contributed by atoms with van der Waals surface area (Å²) in [7, 11) is 0. The lowest BCUT2D eigenvalue weighted by Gasteiger charge is -2.06. The average Bonchev–Trinajstić information content (AvgIpc) is 3.05. The summed E-state index contributed by atoms with van der Waals surface area (Å²) >= 11 is 6.33. The third-order valence-corrected chi connectivity index (χ3v) is 5.32. The number of hydrogen-bond acceptors (Lipinski definition) is 6. The molecule has 8 nitrogen and oxygen atoms in total. The van der Waals surface area contributed by atoms with Gasteiger partial charge in [-0.25, -0.2) is 4.98 Å². The van der Waals surface area contributed by atoms with Crippen LogP contribution in [-0.4, -0.2) is 34.1 Å². The molecule has 4 aromatic heterocycles. The van der Waals surface area contributed by atoms with Gasteiger partial charge in [-0.1, -0.05) is 24.2 Å². The van der Waals surface area contributed by atoms with E-state index in [0.717, 1.165) is 28.8 Å². The Labute approximate surface area is 151 Å². The Morgan fingerprint density at radius 1 is 1.19 bits per heavy atom. The molecule has 128 valence electrons. The van der Waals surface area contributed by atoms with E-state index in [4.69, 9.17) is 16.1 Å². The number of hydrogen-bond donors (Lipinski definition) is 0. The SMILES string of the molecule is CC1CC1c1noc(-c2nnc3c4ccccc4n4c(Cl)ncc4n23)n1. The number of halogens is 1. The maximum atomic E-state index is 6.33. The number of imidazole rings is 1. The van der Waals surface area contributed by atoms with Crippen LogP contribution in [0.1, 0.15) is 25.1 Å². The smallest absolute Gasteiger partial charge is 0.296 e. The molecule has 1 aliphatic rings. The van der Waals surface area contributed by atoms with E-state index in [1.54, 1.807) is 6.20 Å². The molecule has 26 heavy (non-hydrogen) atoms. The molecule has 0 bridgehead atoms. The zero-order valence-electron chi connectivity index (χ0n) is 13.7. The zero-order chi connectivity index (χ0) is 17.4. The predicted octanol–water partition coefficient (Wildman–Crippen LogP) is 3.36. The molecule has 5 aromatic rings. The second kappa shape index (κ2) is 4.79. The maximum Gasteiger partial charge on any atom is 0.296 e. The fraction of sp³-hybridized carbons (Fsp3) is 0.235. The summed E-state index contributed by atoms with van der Waals surface area (Å²) in [6, 6.07) is 7.85. The van der Waals surface area contributed by atoms with E-state index < -0.39 is 0 Å². The molecular formula is C17H12ClN7O. The fourth-order valence-electron chi connectivity index (χ4n) is 3.53. The Hall–Kier alpha value is -3.00. The Morgan fingerprint density at radius 2 is 2.04 bits per heavy atom. The van der Waals surface area contributed by atoms with Gasteiger partial charge in [-0.15, -0.1) is 10.2 Å². The lowest BCUT2D eigenvalue weighted by Crippen LogP contribution is -1.99. The number of para-hydroxylation sites is 1. The van der Waals surface area contributed by atoms with E-state index in [1.807, 2.05) is 33.1 Å². The first-order valence-corrected chi connectivity index (χ1v) is 8.73. The highest BCUT2D eigenvalue weighted by molar-refractivity contribution is 6.29. The van der Waals surface area contributed by atoms with Crippen molar-refractivity contribution in [3.8, 4) is 11.7 Å². The summed E-state index contributed by atoms with van der Waals surface area (Å²) < 4.78 is 9.20. The molecular weight excluding hydrogens is 354 g/mol. The summed E-state index contributed by atoms with van der Waals surface area (Å²) in [5.41, 5.74) is 2.34. The normalized spacial score (nSPS) is 19.8. The molecule has 0 radical (unpaired) electrons. The molecule has 1 saturated carbocycles. The van der Waals surface area contributed by atoms with Crippen LogP contribution in [-0.2, 0) is 0 Å². The minimum Gasteiger partial charge on any atom is -0.330 e. The highest BCUT2D eigenvalue weighted by Crippen LogP contribution is 2.45. The first-order chi connectivity index (χ1) is 12.7. The standard InChI is InChI=1S/C17H12ClN7O/c1-8-6-10(8)13-20-16(26-23-13)15-22-21-14-9-4-2-3-5-11(9)24-12(25(14)15)7-19-17(24)18/h2-5,7-8,10H,6H2,1H3. The largest absolute Gasteiger partial charge is 0.330 e. The van der Waals surface area contributed by atoms with Crippen molar-refractivity contribution >= 4 is 33.8 Å². The van der Waals surface area contributed by atoms with Crippen molar-refractivity contribution in [2.45, 2.75) is 19.3 Å². The van der Waals surface area contributed by atoms with Crippen LogP contribution in [0.3, 0.4) is 0 Å². The molecule has 2 atom stereocenters. The van der Waals surface area contributed by atoms with Crippen LogP contribution in [0.2, 0.25) is 5.28 Å². The van der Waals surface area contributed by atoms with Crippen LogP contribution in [0.15, 0.2) is 35.0 Å². The minimum atomic E-state index is 0.348. The zero-order valence-corrected chi connectivity index (χ0v) is 14.4. The van der Waals surface area contributed by atoms with Crippen molar-refractivity contribution < 1.29 is 4.52 Å². The van der Waals surface area contributed by atoms with E-state index in [0.29, 0.717) is 34.5 Å². The minimum absolute atomic E-state index is 0.348. The molecule has 9 heteroatoms. The van der Waals surface area contributed by atoms with Gasteiger partial charge in [0.2, 0.25) is 11.1 Å². The van der Waals surface area contributed by atoms with Crippen LogP contribution in [0.5, 0.6) is 0 Å². The van der Waals surface area contributed by atoms with Crippen molar-refractivity contribution in [2.75, 3.05) is 0 Å². The molecule has 1 fully saturated rings. The van der Waals surface area contributed by atoms with Crippen molar-refractivity contribution in [3.63, 3.8) is 0 Å². The summed E-state index contributed by atoms with van der Waals surface area (Å²) in [6.45, 7) is 2.18. The lowest BCUT2D eigenvalue weighted by atomic mass is 10.2. The number of aromatic nitrogens is 7. The molecule has 4 heterocycles. The van der Waals surface area contributed by atoms with Gasteiger partial charge < -0.3 is 4.52 Å². The van der Waals surface area contributed by atoms with Gasteiger partial charge in [0.25, 0.3) is 5.89 Å². The van der Waals surface area contributed by atoms with Crippen molar-refractivity contribution in [2.24, 2.45) is 5.92 Å². The first-order valence-electron chi connectivity index (χ1n) is 8.35. The summed E-state index contributed by atoms with van der Waals surface area (Å²) in [4.78, 5) is 8.79. The highest BCUT2D eigenvalue weighted by Gasteiger charge is 2.38. The molecule has 6 rings (SSSR count). The Morgan fingerprint density at radius 3 is 2.88 bits per heavy atom. The maximum absolute atomic E-state index is 6.33. The van der Waals surface area contributed by atoms with Gasteiger partial charge in [-0.05, 0) is 36.1 Å². The molecule has 1 aliphatic carbocycles. The van der Waals surface area contributed by atoms with Crippen LogP contribution in [0, 0.1) is 5.92 Å². The third-order valence-electron chi connectivity index (χ3n) is 5.05. The van der Waals surface area contributed by atoms with Gasteiger partial charge >= 0.3 is 0 Å². The molecule has 0 aliphatic heterocycles. The summed E-state index contributed by atoms with van der Waals surface area (Å²) in [6.07, 6.45) is 2.78. The van der Waals surface area contributed by atoms with Gasteiger partial charge in [0.1, 0.15) is 5.65 Å². The Balaban J connectivity index is 1.69. The fourth-order valence-corrected chi connectivity index (χ4v) is 3.76. The van der Waals surface area contributed by atoms with Crippen molar-refractivity contribution in [3.05, 3.63) is 41.6 Å². The number of fused-ring (bicyclic) bond motifs is 6. The van der Waals surface area contributed by atoms with Crippen LogP contribution in [0.25, 0.3) is 33.9 Å². The highest BCUT2D eigenvalue weighted by atomic mass is 35.5. The van der Waals surface area contributed by atoms with Gasteiger partial charge in [0.05, 0.1) is 11.7 Å². The van der Waals surface area contributed by atoms with E-state index in [-0.39, 0.29) is 0 Å². The Bertz CT molecular complexity index is 1320. The molecule has 1 aromatic carbocycles. The van der Waals surface area contributed by atoms with Gasteiger partial charge in [-0.2, -0.15) is 4.98 Å². The average molecular weight is 366 g/mol. The van der Waals surface area contributed by atoms with E-state index in [1.165, 1.54) is 0 Å². The van der Waals surface area contributed by atoms with Gasteiger partial charge in [0, 0.05) is 11.3 Å². The lowest BCUT2D eigenvalue weighted by molar-refractivity contribution is 0.419. The second-order valence-electron chi connectivity index (χ2n) is 6.70. The number of benzene rings is 1. The van der Waals surface area contributed by atoms with Crippen LogP contribution in [0.4, 0.5) is 0 Å². The van der Waals surface area contributed by atoms with Crippen molar-refractivity contribution in [1.29, 1.82) is 0 Å². The van der Waals surface area contributed by atoms with Gasteiger partial charge in [-0.3, -0.25) is 8.80 Å². The molecule has 0 N–H and O–H groups in total. The summed E-state index contributed by atoms with van der Waals surface area (Å²) in [5, 5.41) is 14.1. The first kappa shape index (κ1) is 14.2. The molecule has 0 saturated heterocycles. The topological polar surface area (TPSA) is 86.4 Å². The number of nitrogens with zero attached hydrogens (tertiary/aromatic N) is 7. The Kier molecular flexibility index (Phi) is 2.62. The number of rotatable bonds is 2. The molecule has 0 amide bonds. The molecule has 2 unspecified atom stereocenters. The third kappa shape index (κ3) is 1.76.